The SMILES string of the molecule is CC1OCCC1CNc1ccc(Cl)cc1C#N. The highest BCUT2D eigenvalue weighted by atomic mass is 35.5. The number of nitriles is 1. The Morgan fingerprint density at radius 1 is 1.59 bits per heavy atom. The molecule has 1 saturated heterocycles. The van der Waals surface area contributed by atoms with Gasteiger partial charge in [0.15, 0.2) is 0 Å². The van der Waals surface area contributed by atoms with Crippen LogP contribution in [0.15, 0.2) is 18.2 Å². The molecule has 0 radical (unpaired) electrons. The molecule has 0 spiro atoms. The first-order valence-corrected chi connectivity index (χ1v) is 6.13. The van der Waals surface area contributed by atoms with Gasteiger partial charge >= 0.3 is 0 Å². The van der Waals surface area contributed by atoms with Gasteiger partial charge in [0.2, 0.25) is 0 Å². The Balaban J connectivity index is 2.01. The highest BCUT2D eigenvalue weighted by Gasteiger charge is 2.23. The predicted molar refractivity (Wildman–Crippen MR) is 68.2 cm³/mol. The summed E-state index contributed by atoms with van der Waals surface area (Å²) < 4.78 is 5.50. The lowest BCUT2D eigenvalue weighted by Gasteiger charge is -2.16. The average Bonchev–Trinajstić information content (AvgIpc) is 2.73. The molecule has 90 valence electrons. The Kier molecular flexibility index (Phi) is 3.88. The fraction of sp³-hybridized carbons (Fsp3) is 0.462. The minimum absolute atomic E-state index is 0.292. The van der Waals surface area contributed by atoms with Gasteiger partial charge in [-0.1, -0.05) is 11.6 Å². The molecule has 1 aliphatic rings. The van der Waals surface area contributed by atoms with Crippen LogP contribution in [0.2, 0.25) is 5.02 Å². The van der Waals surface area contributed by atoms with Crippen molar-refractivity contribution in [3.63, 3.8) is 0 Å². The molecule has 1 heterocycles. The van der Waals surface area contributed by atoms with Crippen LogP contribution in [-0.4, -0.2) is 19.3 Å². The van der Waals surface area contributed by atoms with Crippen LogP contribution in [0, 0.1) is 17.2 Å². The minimum Gasteiger partial charge on any atom is -0.384 e. The molecule has 0 bridgehead atoms. The van der Waals surface area contributed by atoms with Crippen LogP contribution in [0.4, 0.5) is 5.69 Å². The van der Waals surface area contributed by atoms with E-state index in [1.54, 1.807) is 12.1 Å². The zero-order valence-corrected chi connectivity index (χ0v) is 10.5. The smallest absolute Gasteiger partial charge is 0.101 e. The van der Waals surface area contributed by atoms with Crippen LogP contribution in [-0.2, 0) is 4.74 Å². The summed E-state index contributed by atoms with van der Waals surface area (Å²) in [6.45, 7) is 3.75. The van der Waals surface area contributed by atoms with Gasteiger partial charge in [-0.2, -0.15) is 5.26 Å². The maximum absolute atomic E-state index is 9.01. The Morgan fingerprint density at radius 3 is 3.06 bits per heavy atom. The van der Waals surface area contributed by atoms with Crippen LogP contribution in [0.1, 0.15) is 18.9 Å². The fourth-order valence-corrected chi connectivity index (χ4v) is 2.22. The molecule has 0 amide bonds. The lowest BCUT2D eigenvalue weighted by atomic mass is 10.0. The van der Waals surface area contributed by atoms with Crippen molar-refractivity contribution >= 4 is 17.3 Å². The number of halogens is 1. The van der Waals surface area contributed by atoms with Gasteiger partial charge in [0.25, 0.3) is 0 Å². The van der Waals surface area contributed by atoms with Crippen molar-refractivity contribution in [3.8, 4) is 6.07 Å². The predicted octanol–water partition coefficient (Wildman–Crippen LogP) is 3.05. The van der Waals surface area contributed by atoms with Crippen molar-refractivity contribution in [1.29, 1.82) is 5.26 Å². The van der Waals surface area contributed by atoms with Crippen molar-refractivity contribution in [1.82, 2.24) is 0 Å². The molecule has 0 aromatic heterocycles. The van der Waals surface area contributed by atoms with E-state index in [9.17, 15) is 0 Å². The molecule has 2 rings (SSSR count). The van der Waals surface area contributed by atoms with E-state index >= 15 is 0 Å². The van der Waals surface area contributed by atoms with Crippen LogP contribution in [0.25, 0.3) is 0 Å². The molecule has 1 aliphatic heterocycles. The van der Waals surface area contributed by atoms with Crippen molar-refractivity contribution in [2.75, 3.05) is 18.5 Å². The highest BCUT2D eigenvalue weighted by Crippen LogP contribution is 2.23. The van der Waals surface area contributed by atoms with E-state index in [1.165, 1.54) is 0 Å². The second-order valence-corrected chi connectivity index (χ2v) is 4.74. The molecule has 0 aliphatic carbocycles. The van der Waals surface area contributed by atoms with Gasteiger partial charge < -0.3 is 10.1 Å². The average molecular weight is 251 g/mol. The molecule has 0 saturated carbocycles. The fourth-order valence-electron chi connectivity index (χ4n) is 2.05. The summed E-state index contributed by atoms with van der Waals surface area (Å²) in [6, 6.07) is 7.46. The Morgan fingerprint density at radius 2 is 2.41 bits per heavy atom. The van der Waals surface area contributed by atoms with Crippen molar-refractivity contribution < 1.29 is 4.74 Å². The molecular weight excluding hydrogens is 236 g/mol. The summed E-state index contributed by atoms with van der Waals surface area (Å²) in [5.41, 5.74) is 1.43. The number of nitrogens with zero attached hydrogens (tertiary/aromatic N) is 1. The van der Waals surface area contributed by atoms with Gasteiger partial charge in [-0.3, -0.25) is 0 Å². The first-order valence-electron chi connectivity index (χ1n) is 5.76. The zero-order valence-electron chi connectivity index (χ0n) is 9.74. The van der Waals surface area contributed by atoms with Gasteiger partial charge in [0.05, 0.1) is 17.4 Å². The van der Waals surface area contributed by atoms with Gasteiger partial charge in [0.1, 0.15) is 6.07 Å². The molecule has 1 fully saturated rings. The van der Waals surface area contributed by atoms with Crippen molar-refractivity contribution in [2.45, 2.75) is 19.4 Å². The van der Waals surface area contributed by atoms with E-state index in [0.29, 0.717) is 22.6 Å². The van der Waals surface area contributed by atoms with Crippen LogP contribution in [0.3, 0.4) is 0 Å². The molecule has 1 aromatic carbocycles. The lowest BCUT2D eigenvalue weighted by molar-refractivity contribution is 0.108. The standard InChI is InChI=1S/C13H15ClN2O/c1-9-10(4-5-17-9)8-16-13-3-2-12(14)6-11(13)7-15/h2-3,6,9-10,16H,4-5,8H2,1H3. The second-order valence-electron chi connectivity index (χ2n) is 4.31. The first-order chi connectivity index (χ1) is 8.20. The van der Waals surface area contributed by atoms with E-state index in [1.807, 2.05) is 6.07 Å². The van der Waals surface area contributed by atoms with Gasteiger partial charge in [-0.15, -0.1) is 0 Å². The molecule has 1 N–H and O–H groups in total. The highest BCUT2D eigenvalue weighted by molar-refractivity contribution is 6.30. The topological polar surface area (TPSA) is 45.0 Å². The third-order valence-electron chi connectivity index (χ3n) is 3.19. The quantitative estimate of drug-likeness (QED) is 0.897. The summed E-state index contributed by atoms with van der Waals surface area (Å²) in [4.78, 5) is 0. The number of hydrogen-bond donors (Lipinski definition) is 1. The number of anilines is 1. The van der Waals surface area contributed by atoms with E-state index in [2.05, 4.69) is 18.3 Å². The largest absolute Gasteiger partial charge is 0.384 e. The summed E-state index contributed by atoms with van der Waals surface area (Å²) in [7, 11) is 0. The molecule has 17 heavy (non-hydrogen) atoms. The maximum Gasteiger partial charge on any atom is 0.101 e. The lowest BCUT2D eigenvalue weighted by Crippen LogP contribution is -2.21. The van der Waals surface area contributed by atoms with E-state index in [0.717, 1.165) is 25.3 Å². The summed E-state index contributed by atoms with van der Waals surface area (Å²) in [6.07, 6.45) is 1.37. The third-order valence-corrected chi connectivity index (χ3v) is 3.43. The molecule has 1 aromatic rings. The monoisotopic (exact) mass is 250 g/mol. The summed E-state index contributed by atoms with van der Waals surface area (Å²) in [5.74, 6) is 0.511. The maximum atomic E-state index is 9.01. The number of benzene rings is 1. The normalized spacial score (nSPS) is 23.4. The molecule has 2 unspecified atom stereocenters. The van der Waals surface area contributed by atoms with Crippen molar-refractivity contribution in [3.05, 3.63) is 28.8 Å². The van der Waals surface area contributed by atoms with Crippen LogP contribution >= 0.6 is 11.6 Å². The van der Waals surface area contributed by atoms with Crippen molar-refractivity contribution in [2.24, 2.45) is 5.92 Å². The Bertz CT molecular complexity index is 442. The van der Waals surface area contributed by atoms with Gasteiger partial charge in [-0.05, 0) is 31.5 Å². The first kappa shape index (κ1) is 12.2. The molecule has 3 nitrogen and oxygen atoms in total. The van der Waals surface area contributed by atoms with E-state index < -0.39 is 0 Å². The summed E-state index contributed by atoms with van der Waals surface area (Å²) in [5, 5.41) is 12.9. The van der Waals surface area contributed by atoms with E-state index in [-0.39, 0.29) is 0 Å². The number of nitrogens with one attached hydrogen (secondary N) is 1. The molecule has 4 heteroatoms. The number of ether oxygens (including phenoxy) is 1. The summed E-state index contributed by atoms with van der Waals surface area (Å²) >= 11 is 5.85. The molecular formula is C13H15ClN2O. The van der Waals surface area contributed by atoms with E-state index in [4.69, 9.17) is 21.6 Å². The minimum atomic E-state index is 0.292. The number of rotatable bonds is 3. The van der Waals surface area contributed by atoms with Gasteiger partial charge in [0, 0.05) is 24.1 Å². The second kappa shape index (κ2) is 5.39. The van der Waals surface area contributed by atoms with Crippen LogP contribution < -0.4 is 5.32 Å². The molecule has 2 atom stereocenters. The number of hydrogen-bond acceptors (Lipinski definition) is 3. The van der Waals surface area contributed by atoms with Gasteiger partial charge in [-0.25, -0.2) is 0 Å². The zero-order chi connectivity index (χ0) is 12.3. The van der Waals surface area contributed by atoms with Crippen LogP contribution in [0.5, 0.6) is 0 Å². The Hall–Kier alpha value is -1.24. The third kappa shape index (κ3) is 2.91. The Labute approximate surface area is 106 Å².